The fourth-order valence-corrected chi connectivity index (χ4v) is 5.69. The maximum absolute atomic E-state index is 6.04. The van der Waals surface area contributed by atoms with Gasteiger partial charge in [0, 0.05) is 12.1 Å². The first kappa shape index (κ1) is 14.0. The molecule has 0 spiro atoms. The average Bonchev–Trinajstić information content (AvgIpc) is 2.01. The highest BCUT2D eigenvalue weighted by molar-refractivity contribution is 7.63. The number of rotatable bonds is 5. The molecule has 80 valence electrons. The molecule has 0 amide bonds. The molecule has 0 N–H and O–H groups in total. The maximum Gasteiger partial charge on any atom is 0.424 e. The predicted molar refractivity (Wildman–Crippen MR) is 64.7 cm³/mol. The lowest BCUT2D eigenvalue weighted by Gasteiger charge is -2.37. The minimum absolute atomic E-state index is 0.356. The van der Waals surface area contributed by atoms with Crippen molar-refractivity contribution >= 4 is 39.4 Å². The van der Waals surface area contributed by atoms with E-state index in [0.29, 0.717) is 12.1 Å². The van der Waals surface area contributed by atoms with Crippen LogP contribution in [-0.4, -0.2) is 22.8 Å². The van der Waals surface area contributed by atoms with Crippen LogP contribution in [0.2, 0.25) is 0 Å². The van der Waals surface area contributed by atoms with Gasteiger partial charge in [-0.25, -0.2) is 0 Å². The Labute approximate surface area is 96.5 Å². The largest absolute Gasteiger partial charge is 0.424 e. The highest BCUT2D eigenvalue weighted by Crippen LogP contribution is 2.30. The van der Waals surface area contributed by atoms with E-state index in [1.807, 2.05) is 0 Å². The topological polar surface area (TPSA) is 3.24 Å². The Morgan fingerprint density at radius 3 is 1.46 bits per heavy atom. The fourth-order valence-electron chi connectivity index (χ4n) is 1.33. The van der Waals surface area contributed by atoms with Gasteiger partial charge in [0.15, 0.2) is 0 Å². The summed E-state index contributed by atoms with van der Waals surface area (Å²) in [6.45, 7) is 8.46. The van der Waals surface area contributed by atoms with Crippen LogP contribution in [0.25, 0.3) is 0 Å². The van der Waals surface area contributed by atoms with E-state index in [9.17, 15) is 0 Å². The predicted octanol–water partition coefficient (Wildman–Crippen LogP) is 4.04. The van der Waals surface area contributed by atoms with Crippen molar-refractivity contribution in [2.75, 3.05) is 0 Å². The van der Waals surface area contributed by atoms with E-state index in [1.165, 1.54) is 0 Å². The van der Waals surface area contributed by atoms with Crippen LogP contribution in [0.4, 0.5) is 0 Å². The summed E-state index contributed by atoms with van der Waals surface area (Å²) in [6, 6.07) is 0.711. The Morgan fingerprint density at radius 2 is 1.31 bits per heavy atom. The van der Waals surface area contributed by atoms with Gasteiger partial charge in [-0.15, -0.1) is 33.2 Å². The van der Waals surface area contributed by atoms with Crippen LogP contribution in [0.15, 0.2) is 0 Å². The lowest BCUT2D eigenvalue weighted by molar-refractivity contribution is 0.267. The molecule has 0 heterocycles. The maximum atomic E-state index is 6.04. The van der Waals surface area contributed by atoms with Crippen LogP contribution in [0.5, 0.6) is 0 Å². The summed E-state index contributed by atoms with van der Waals surface area (Å²) in [4.78, 5) is 0. The number of halogens is 3. The minimum Gasteiger partial charge on any atom is -0.283 e. The van der Waals surface area contributed by atoms with Crippen molar-refractivity contribution in [2.45, 2.75) is 52.6 Å². The van der Waals surface area contributed by atoms with Crippen molar-refractivity contribution in [1.29, 1.82) is 0 Å². The number of nitrogens with zero attached hydrogens (tertiary/aromatic N) is 1. The summed E-state index contributed by atoms with van der Waals surface area (Å²) >= 11 is 18.1. The van der Waals surface area contributed by atoms with Gasteiger partial charge >= 0.3 is 6.16 Å². The van der Waals surface area contributed by atoms with Gasteiger partial charge in [-0.05, 0) is 12.8 Å². The van der Waals surface area contributed by atoms with Gasteiger partial charge in [-0.3, -0.25) is 4.57 Å². The van der Waals surface area contributed by atoms with Crippen LogP contribution in [0.3, 0.4) is 0 Å². The van der Waals surface area contributed by atoms with Crippen LogP contribution in [0, 0.1) is 0 Å². The first-order valence-corrected chi connectivity index (χ1v) is 9.68. The van der Waals surface area contributed by atoms with E-state index in [0.717, 1.165) is 12.8 Å². The van der Waals surface area contributed by atoms with E-state index in [2.05, 4.69) is 32.3 Å². The Kier molecular flexibility index (Phi) is 6.28. The zero-order valence-corrected chi connectivity index (χ0v) is 11.9. The number of hydrogen-bond donors (Lipinski definition) is 0. The van der Waals surface area contributed by atoms with E-state index in [-0.39, 0.29) is 0 Å². The second-order valence-corrected chi connectivity index (χ2v) is 11.5. The van der Waals surface area contributed by atoms with Crippen molar-refractivity contribution in [3.63, 3.8) is 0 Å². The SMILES string of the molecule is CCC(C)N(C(C)CC)[Si](Cl)(Cl)Cl. The molecule has 13 heavy (non-hydrogen) atoms. The molecule has 0 rings (SSSR count). The average molecular weight is 263 g/mol. The molecule has 2 unspecified atom stereocenters. The lowest BCUT2D eigenvalue weighted by atomic mass is 10.2. The molecule has 0 aliphatic heterocycles. The van der Waals surface area contributed by atoms with Crippen LogP contribution >= 0.6 is 33.2 Å². The molecule has 0 aliphatic carbocycles. The van der Waals surface area contributed by atoms with Gasteiger partial charge in [0.2, 0.25) is 0 Å². The smallest absolute Gasteiger partial charge is 0.283 e. The molecule has 0 aromatic heterocycles. The molecule has 2 atom stereocenters. The van der Waals surface area contributed by atoms with Gasteiger partial charge in [0.05, 0.1) is 0 Å². The van der Waals surface area contributed by atoms with Crippen molar-refractivity contribution in [3.05, 3.63) is 0 Å². The second-order valence-electron chi connectivity index (χ2n) is 3.39. The fraction of sp³-hybridized carbons (Fsp3) is 1.00. The zero-order valence-electron chi connectivity index (χ0n) is 8.65. The zero-order chi connectivity index (χ0) is 10.6. The Balaban J connectivity index is 4.55. The summed E-state index contributed by atoms with van der Waals surface area (Å²) in [7, 11) is 0. The van der Waals surface area contributed by atoms with E-state index < -0.39 is 6.16 Å². The molecule has 0 saturated carbocycles. The normalized spacial score (nSPS) is 17.5. The molecule has 5 heteroatoms. The molecule has 0 bridgehead atoms. The van der Waals surface area contributed by atoms with Crippen LogP contribution < -0.4 is 0 Å². The summed E-state index contributed by atoms with van der Waals surface area (Å²) < 4.78 is 2.07. The van der Waals surface area contributed by atoms with E-state index >= 15 is 0 Å². The lowest BCUT2D eigenvalue weighted by Crippen LogP contribution is -2.51. The monoisotopic (exact) mass is 261 g/mol. The van der Waals surface area contributed by atoms with Crippen LogP contribution in [-0.2, 0) is 0 Å². The highest BCUT2D eigenvalue weighted by atomic mass is 35.8. The quantitative estimate of drug-likeness (QED) is 0.534. The van der Waals surface area contributed by atoms with Gasteiger partial charge in [0.25, 0.3) is 0 Å². The van der Waals surface area contributed by atoms with Crippen molar-refractivity contribution in [1.82, 2.24) is 4.57 Å². The van der Waals surface area contributed by atoms with Crippen LogP contribution in [0.1, 0.15) is 40.5 Å². The molecule has 0 aromatic rings. The third kappa shape index (κ3) is 4.39. The molecule has 0 aliphatic rings. The standard InChI is InChI=1S/C8H18Cl3NSi/c1-5-7(3)12(8(4)6-2)13(9,10)11/h7-8H,5-6H2,1-4H3. The molecular weight excluding hydrogens is 245 g/mol. The van der Waals surface area contributed by atoms with Gasteiger partial charge in [-0.1, -0.05) is 27.7 Å². The van der Waals surface area contributed by atoms with Crippen molar-refractivity contribution in [3.8, 4) is 0 Å². The Hall–Kier alpha value is 1.05. The van der Waals surface area contributed by atoms with E-state index in [1.54, 1.807) is 0 Å². The highest BCUT2D eigenvalue weighted by Gasteiger charge is 2.39. The Morgan fingerprint density at radius 1 is 1.00 bits per heavy atom. The molecule has 0 saturated heterocycles. The summed E-state index contributed by atoms with van der Waals surface area (Å²) in [5, 5.41) is 0. The van der Waals surface area contributed by atoms with E-state index in [4.69, 9.17) is 33.2 Å². The van der Waals surface area contributed by atoms with Gasteiger partial charge in [-0.2, -0.15) is 0 Å². The molecular formula is C8H18Cl3NSi. The Bertz CT molecular complexity index is 139. The van der Waals surface area contributed by atoms with Gasteiger partial charge < -0.3 is 0 Å². The van der Waals surface area contributed by atoms with Gasteiger partial charge in [0.1, 0.15) is 0 Å². The van der Waals surface area contributed by atoms with Crippen molar-refractivity contribution in [2.24, 2.45) is 0 Å². The number of hydrogen-bond acceptors (Lipinski definition) is 1. The minimum atomic E-state index is -2.70. The molecule has 1 nitrogen and oxygen atoms in total. The van der Waals surface area contributed by atoms with Crippen molar-refractivity contribution < 1.29 is 0 Å². The summed E-state index contributed by atoms with van der Waals surface area (Å²) in [5.74, 6) is 0. The second kappa shape index (κ2) is 5.81. The summed E-state index contributed by atoms with van der Waals surface area (Å²) in [6.07, 6.45) is -0.667. The third-order valence-corrected chi connectivity index (χ3v) is 5.65. The first-order valence-electron chi connectivity index (χ1n) is 4.69. The first-order chi connectivity index (χ1) is 5.84. The summed E-state index contributed by atoms with van der Waals surface area (Å²) in [5.41, 5.74) is 0. The molecule has 0 fully saturated rings. The molecule has 0 aromatic carbocycles. The third-order valence-electron chi connectivity index (χ3n) is 2.42. The molecule has 0 radical (unpaired) electrons.